The molecule has 0 spiro atoms. The van der Waals surface area contributed by atoms with Gasteiger partial charge in [-0.25, -0.2) is 4.79 Å². The van der Waals surface area contributed by atoms with Gasteiger partial charge in [0.25, 0.3) is 5.91 Å². The summed E-state index contributed by atoms with van der Waals surface area (Å²) in [6.45, 7) is 2.35. The second-order valence-electron chi connectivity index (χ2n) is 2.70. The second-order valence-corrected chi connectivity index (χ2v) is 2.70. The largest absolute Gasteiger partial charge is 0.464 e. The zero-order chi connectivity index (χ0) is 9.19. The first-order chi connectivity index (χ1) is 5.61. The number of hydrogen-bond donors (Lipinski definition) is 2. The highest BCUT2D eigenvalue weighted by Crippen LogP contribution is 2.14. The molecule has 0 saturated carbocycles. The summed E-state index contributed by atoms with van der Waals surface area (Å²) in [6.07, 6.45) is 0.310. The maximum absolute atomic E-state index is 11.2. The van der Waals surface area contributed by atoms with Crippen LogP contribution in [0.1, 0.15) is 13.3 Å². The van der Waals surface area contributed by atoms with Gasteiger partial charge >= 0.3 is 5.97 Å². The molecule has 1 fully saturated rings. The van der Waals surface area contributed by atoms with E-state index in [0.29, 0.717) is 13.0 Å². The lowest BCUT2D eigenvalue weighted by Crippen LogP contribution is -2.54. The molecule has 5 heteroatoms. The molecule has 1 rings (SSSR count). The van der Waals surface area contributed by atoms with Crippen molar-refractivity contribution in [3.8, 4) is 0 Å². The minimum Gasteiger partial charge on any atom is -0.464 e. The van der Waals surface area contributed by atoms with Gasteiger partial charge in [-0.1, -0.05) is 0 Å². The Hall–Kier alpha value is -1.10. The van der Waals surface area contributed by atoms with E-state index in [9.17, 15) is 9.59 Å². The summed E-state index contributed by atoms with van der Waals surface area (Å²) in [4.78, 5) is 22.2. The monoisotopic (exact) mass is 172 g/mol. The molecule has 1 saturated heterocycles. The molecule has 0 bridgehead atoms. The standard InChI is InChI=1S/C7H12N2O3/c1-2-12-6(11)7(8)3-4-9-5(7)10/h2-4,8H2,1H3,(H,9,10). The molecule has 0 aromatic rings. The molecule has 1 unspecified atom stereocenters. The number of nitrogens with one attached hydrogen (secondary N) is 1. The summed E-state index contributed by atoms with van der Waals surface area (Å²) >= 11 is 0. The van der Waals surface area contributed by atoms with E-state index in [2.05, 4.69) is 10.1 Å². The van der Waals surface area contributed by atoms with Gasteiger partial charge in [0.05, 0.1) is 6.61 Å². The number of nitrogens with two attached hydrogens (primary N) is 1. The molecule has 5 nitrogen and oxygen atoms in total. The van der Waals surface area contributed by atoms with Crippen LogP contribution in [-0.2, 0) is 14.3 Å². The summed E-state index contributed by atoms with van der Waals surface area (Å²) < 4.78 is 4.67. The average molecular weight is 172 g/mol. The molecular weight excluding hydrogens is 160 g/mol. The summed E-state index contributed by atoms with van der Waals surface area (Å²) in [6, 6.07) is 0. The van der Waals surface area contributed by atoms with Crippen molar-refractivity contribution in [2.24, 2.45) is 5.73 Å². The van der Waals surface area contributed by atoms with Crippen LogP contribution in [0.3, 0.4) is 0 Å². The zero-order valence-electron chi connectivity index (χ0n) is 6.92. The molecule has 0 aliphatic carbocycles. The van der Waals surface area contributed by atoms with E-state index < -0.39 is 17.4 Å². The molecule has 1 aliphatic heterocycles. The van der Waals surface area contributed by atoms with E-state index in [-0.39, 0.29) is 6.61 Å². The minimum atomic E-state index is -1.45. The van der Waals surface area contributed by atoms with Crippen LogP contribution in [-0.4, -0.2) is 30.6 Å². The SMILES string of the molecule is CCOC(=O)C1(N)CCNC1=O. The number of esters is 1. The Kier molecular flexibility index (Phi) is 2.32. The van der Waals surface area contributed by atoms with Crippen molar-refractivity contribution in [2.75, 3.05) is 13.2 Å². The smallest absolute Gasteiger partial charge is 0.336 e. The summed E-state index contributed by atoms with van der Waals surface area (Å²) in [5.74, 6) is -1.08. The van der Waals surface area contributed by atoms with E-state index >= 15 is 0 Å². The van der Waals surface area contributed by atoms with Crippen LogP contribution in [0.2, 0.25) is 0 Å². The first-order valence-corrected chi connectivity index (χ1v) is 3.85. The summed E-state index contributed by atoms with van der Waals surface area (Å²) in [7, 11) is 0. The van der Waals surface area contributed by atoms with Crippen molar-refractivity contribution in [3.63, 3.8) is 0 Å². The van der Waals surface area contributed by atoms with E-state index in [0.717, 1.165) is 0 Å². The Bertz CT molecular complexity index is 217. The molecule has 1 aliphatic rings. The Labute approximate surface area is 70.2 Å². The fraction of sp³-hybridized carbons (Fsp3) is 0.714. The van der Waals surface area contributed by atoms with Crippen molar-refractivity contribution in [2.45, 2.75) is 18.9 Å². The van der Waals surface area contributed by atoms with Crippen LogP contribution >= 0.6 is 0 Å². The van der Waals surface area contributed by atoms with Crippen molar-refractivity contribution in [3.05, 3.63) is 0 Å². The number of hydrogen-bond acceptors (Lipinski definition) is 4. The first-order valence-electron chi connectivity index (χ1n) is 3.85. The van der Waals surface area contributed by atoms with Gasteiger partial charge in [0.1, 0.15) is 0 Å². The fourth-order valence-electron chi connectivity index (χ4n) is 1.10. The lowest BCUT2D eigenvalue weighted by molar-refractivity contribution is -0.152. The van der Waals surface area contributed by atoms with Gasteiger partial charge in [0.15, 0.2) is 5.54 Å². The third-order valence-corrected chi connectivity index (χ3v) is 1.85. The van der Waals surface area contributed by atoms with E-state index in [4.69, 9.17) is 5.73 Å². The van der Waals surface area contributed by atoms with Crippen LogP contribution in [0.15, 0.2) is 0 Å². The molecule has 0 radical (unpaired) electrons. The molecular formula is C7H12N2O3. The van der Waals surface area contributed by atoms with E-state index in [1.165, 1.54) is 0 Å². The lowest BCUT2D eigenvalue weighted by atomic mass is 10.00. The van der Waals surface area contributed by atoms with Gasteiger partial charge in [0, 0.05) is 13.0 Å². The van der Waals surface area contributed by atoms with Gasteiger partial charge in [-0.3, -0.25) is 4.79 Å². The minimum absolute atomic E-state index is 0.241. The number of carbonyl (C=O) groups is 2. The molecule has 0 aromatic carbocycles. The van der Waals surface area contributed by atoms with E-state index in [1.807, 2.05) is 0 Å². The Morgan fingerprint density at radius 1 is 1.83 bits per heavy atom. The van der Waals surface area contributed by atoms with Crippen LogP contribution in [0.25, 0.3) is 0 Å². The van der Waals surface area contributed by atoms with Crippen molar-refractivity contribution in [1.29, 1.82) is 0 Å². The van der Waals surface area contributed by atoms with Gasteiger partial charge < -0.3 is 15.8 Å². The second kappa shape index (κ2) is 3.10. The fourth-order valence-corrected chi connectivity index (χ4v) is 1.10. The highest BCUT2D eigenvalue weighted by molar-refractivity contribution is 6.08. The summed E-state index contributed by atoms with van der Waals surface area (Å²) in [5.41, 5.74) is 4.10. The normalized spacial score (nSPS) is 28.3. The molecule has 68 valence electrons. The topological polar surface area (TPSA) is 81.4 Å². The van der Waals surface area contributed by atoms with Crippen molar-refractivity contribution in [1.82, 2.24) is 5.32 Å². The van der Waals surface area contributed by atoms with Crippen LogP contribution < -0.4 is 11.1 Å². The zero-order valence-corrected chi connectivity index (χ0v) is 6.92. The molecule has 1 amide bonds. The Balaban J connectivity index is 2.70. The third kappa shape index (κ3) is 1.27. The summed E-state index contributed by atoms with van der Waals surface area (Å²) in [5, 5.41) is 2.48. The average Bonchev–Trinajstić information content (AvgIpc) is 2.34. The Morgan fingerprint density at radius 2 is 2.50 bits per heavy atom. The van der Waals surface area contributed by atoms with Crippen LogP contribution in [0, 0.1) is 0 Å². The quantitative estimate of drug-likeness (QED) is 0.403. The molecule has 1 heterocycles. The van der Waals surface area contributed by atoms with Crippen molar-refractivity contribution >= 4 is 11.9 Å². The van der Waals surface area contributed by atoms with Gasteiger partial charge in [-0.05, 0) is 6.92 Å². The number of ether oxygens (including phenoxy) is 1. The lowest BCUT2D eigenvalue weighted by Gasteiger charge is -2.17. The number of amides is 1. The number of rotatable bonds is 2. The van der Waals surface area contributed by atoms with E-state index in [1.54, 1.807) is 6.92 Å². The highest BCUT2D eigenvalue weighted by atomic mass is 16.5. The Morgan fingerprint density at radius 3 is 2.92 bits per heavy atom. The van der Waals surface area contributed by atoms with Gasteiger partial charge in [-0.15, -0.1) is 0 Å². The van der Waals surface area contributed by atoms with Crippen LogP contribution in [0.4, 0.5) is 0 Å². The number of carbonyl (C=O) groups excluding carboxylic acids is 2. The molecule has 1 atom stereocenters. The predicted molar refractivity (Wildman–Crippen MR) is 41.2 cm³/mol. The van der Waals surface area contributed by atoms with Crippen molar-refractivity contribution < 1.29 is 14.3 Å². The predicted octanol–water partition coefficient (Wildman–Crippen LogP) is -1.23. The highest BCUT2D eigenvalue weighted by Gasteiger charge is 2.46. The van der Waals surface area contributed by atoms with Crippen LogP contribution in [0.5, 0.6) is 0 Å². The maximum atomic E-state index is 11.2. The molecule has 12 heavy (non-hydrogen) atoms. The first kappa shape index (κ1) is 8.99. The van der Waals surface area contributed by atoms with Gasteiger partial charge in [-0.2, -0.15) is 0 Å². The van der Waals surface area contributed by atoms with Gasteiger partial charge in [0.2, 0.25) is 0 Å². The molecule has 0 aromatic heterocycles. The molecule has 3 N–H and O–H groups in total. The maximum Gasteiger partial charge on any atom is 0.336 e. The third-order valence-electron chi connectivity index (χ3n) is 1.85.